The fourth-order valence-corrected chi connectivity index (χ4v) is 2.02. The van der Waals surface area contributed by atoms with Crippen LogP contribution in [0.5, 0.6) is 11.5 Å². The smallest absolute Gasteiger partial charge is 0.271 e. The molecule has 0 aromatic heterocycles. The van der Waals surface area contributed by atoms with Gasteiger partial charge in [0.1, 0.15) is 11.5 Å². The van der Waals surface area contributed by atoms with E-state index in [1.807, 2.05) is 32.0 Å². The van der Waals surface area contributed by atoms with Crippen molar-refractivity contribution in [1.82, 2.24) is 0 Å². The SMILES string of the molecule is CCOc1ccc(C=NNc2cccc([N+](=O)[O-])c2)c(OCC)c1. The molecule has 126 valence electrons. The van der Waals surface area contributed by atoms with Crippen LogP contribution < -0.4 is 14.9 Å². The molecule has 0 heterocycles. The summed E-state index contributed by atoms with van der Waals surface area (Å²) in [6.45, 7) is 4.91. The lowest BCUT2D eigenvalue weighted by molar-refractivity contribution is -0.384. The van der Waals surface area contributed by atoms with Gasteiger partial charge in [-0.25, -0.2) is 0 Å². The molecule has 0 saturated carbocycles. The molecule has 24 heavy (non-hydrogen) atoms. The minimum atomic E-state index is -0.450. The van der Waals surface area contributed by atoms with E-state index in [0.717, 1.165) is 11.3 Å². The minimum absolute atomic E-state index is 0.00581. The van der Waals surface area contributed by atoms with E-state index in [0.29, 0.717) is 24.7 Å². The second kappa shape index (κ2) is 8.52. The normalized spacial score (nSPS) is 10.6. The summed E-state index contributed by atoms with van der Waals surface area (Å²) < 4.78 is 11.0. The number of rotatable bonds is 8. The van der Waals surface area contributed by atoms with Crippen LogP contribution in [-0.4, -0.2) is 24.4 Å². The number of nitro groups is 1. The van der Waals surface area contributed by atoms with E-state index < -0.39 is 4.92 Å². The van der Waals surface area contributed by atoms with Gasteiger partial charge in [0.2, 0.25) is 0 Å². The lowest BCUT2D eigenvalue weighted by atomic mass is 10.2. The number of nitrogens with one attached hydrogen (secondary N) is 1. The maximum absolute atomic E-state index is 10.8. The summed E-state index contributed by atoms with van der Waals surface area (Å²) in [5.74, 6) is 1.39. The fourth-order valence-electron chi connectivity index (χ4n) is 2.02. The molecule has 0 aliphatic rings. The lowest BCUT2D eigenvalue weighted by Crippen LogP contribution is -1.99. The van der Waals surface area contributed by atoms with Crippen LogP contribution in [0.2, 0.25) is 0 Å². The summed E-state index contributed by atoms with van der Waals surface area (Å²) in [6, 6.07) is 11.6. The Bertz CT molecular complexity index is 732. The first-order chi connectivity index (χ1) is 11.6. The van der Waals surface area contributed by atoms with Gasteiger partial charge >= 0.3 is 0 Å². The van der Waals surface area contributed by atoms with Crippen molar-refractivity contribution in [3.63, 3.8) is 0 Å². The number of nitro benzene ring substituents is 1. The van der Waals surface area contributed by atoms with E-state index in [1.54, 1.807) is 18.3 Å². The molecule has 2 aromatic carbocycles. The van der Waals surface area contributed by atoms with Crippen molar-refractivity contribution in [3.8, 4) is 11.5 Å². The highest BCUT2D eigenvalue weighted by atomic mass is 16.6. The molecule has 0 spiro atoms. The van der Waals surface area contributed by atoms with Crippen molar-refractivity contribution in [1.29, 1.82) is 0 Å². The lowest BCUT2D eigenvalue weighted by Gasteiger charge is -2.10. The van der Waals surface area contributed by atoms with Gasteiger partial charge in [0.05, 0.1) is 30.0 Å². The molecule has 0 amide bonds. The first-order valence-electron chi connectivity index (χ1n) is 7.57. The Morgan fingerprint density at radius 3 is 2.67 bits per heavy atom. The number of benzene rings is 2. The van der Waals surface area contributed by atoms with Crippen LogP contribution in [0.15, 0.2) is 47.6 Å². The summed E-state index contributed by atoms with van der Waals surface area (Å²) in [5, 5.41) is 14.9. The van der Waals surface area contributed by atoms with Gasteiger partial charge in [-0.05, 0) is 32.0 Å². The minimum Gasteiger partial charge on any atom is -0.494 e. The zero-order valence-electron chi connectivity index (χ0n) is 13.6. The fraction of sp³-hybridized carbons (Fsp3) is 0.235. The second-order valence-corrected chi connectivity index (χ2v) is 4.74. The third kappa shape index (κ3) is 4.70. The van der Waals surface area contributed by atoms with Gasteiger partial charge < -0.3 is 9.47 Å². The second-order valence-electron chi connectivity index (χ2n) is 4.74. The monoisotopic (exact) mass is 329 g/mol. The van der Waals surface area contributed by atoms with Crippen LogP contribution >= 0.6 is 0 Å². The van der Waals surface area contributed by atoms with Gasteiger partial charge in [-0.1, -0.05) is 6.07 Å². The standard InChI is InChI=1S/C17H19N3O4/c1-3-23-16-9-8-13(17(11-16)24-4-2)12-18-19-14-6-5-7-15(10-14)20(21)22/h5-12,19H,3-4H2,1-2H3. The largest absolute Gasteiger partial charge is 0.494 e. The van der Waals surface area contributed by atoms with E-state index >= 15 is 0 Å². The Kier molecular flexibility index (Phi) is 6.13. The number of hydrogen-bond donors (Lipinski definition) is 1. The van der Waals surface area contributed by atoms with E-state index in [9.17, 15) is 10.1 Å². The van der Waals surface area contributed by atoms with Crippen molar-refractivity contribution >= 4 is 17.6 Å². The molecule has 1 N–H and O–H groups in total. The van der Waals surface area contributed by atoms with Gasteiger partial charge in [0, 0.05) is 23.8 Å². The highest BCUT2D eigenvalue weighted by Crippen LogP contribution is 2.24. The number of non-ortho nitro benzene ring substituents is 1. The maximum Gasteiger partial charge on any atom is 0.271 e. The first kappa shape index (κ1) is 17.3. The van der Waals surface area contributed by atoms with E-state index in [-0.39, 0.29) is 5.69 Å². The molecule has 7 nitrogen and oxygen atoms in total. The highest BCUT2D eigenvalue weighted by Gasteiger charge is 2.06. The Morgan fingerprint density at radius 1 is 1.17 bits per heavy atom. The summed E-state index contributed by atoms with van der Waals surface area (Å²) in [5.41, 5.74) is 4.09. The number of ether oxygens (including phenoxy) is 2. The van der Waals surface area contributed by atoms with E-state index in [1.165, 1.54) is 12.1 Å². The number of hydrogen-bond acceptors (Lipinski definition) is 6. The molecule has 0 radical (unpaired) electrons. The zero-order valence-corrected chi connectivity index (χ0v) is 13.6. The summed E-state index contributed by atoms with van der Waals surface area (Å²) >= 11 is 0. The van der Waals surface area contributed by atoms with E-state index in [4.69, 9.17) is 9.47 Å². The summed E-state index contributed by atoms with van der Waals surface area (Å²) in [6.07, 6.45) is 1.60. The van der Waals surface area contributed by atoms with E-state index in [2.05, 4.69) is 10.5 Å². The molecular formula is C17H19N3O4. The molecular weight excluding hydrogens is 310 g/mol. The first-order valence-corrected chi connectivity index (χ1v) is 7.57. The van der Waals surface area contributed by atoms with Crippen molar-refractivity contribution in [2.24, 2.45) is 5.10 Å². The topological polar surface area (TPSA) is 86.0 Å². The Hall–Kier alpha value is -3.09. The maximum atomic E-state index is 10.8. The number of nitrogens with zero attached hydrogens (tertiary/aromatic N) is 2. The zero-order chi connectivity index (χ0) is 17.4. The number of anilines is 1. The number of hydrazone groups is 1. The average Bonchev–Trinajstić information content (AvgIpc) is 2.57. The molecule has 0 aliphatic heterocycles. The predicted octanol–water partition coefficient (Wildman–Crippen LogP) is 3.84. The predicted molar refractivity (Wildman–Crippen MR) is 93.1 cm³/mol. The van der Waals surface area contributed by atoms with Crippen LogP contribution in [0.4, 0.5) is 11.4 Å². The van der Waals surface area contributed by atoms with Gasteiger partial charge in [-0.2, -0.15) is 5.10 Å². The Labute approximate surface area is 140 Å². The van der Waals surface area contributed by atoms with Crippen LogP contribution in [0, 0.1) is 10.1 Å². The molecule has 2 rings (SSSR count). The Balaban J connectivity index is 2.13. The van der Waals surface area contributed by atoms with Crippen molar-refractivity contribution in [2.75, 3.05) is 18.6 Å². The molecule has 0 unspecified atom stereocenters. The average molecular weight is 329 g/mol. The highest BCUT2D eigenvalue weighted by molar-refractivity contribution is 5.84. The van der Waals surface area contributed by atoms with Gasteiger partial charge in [0.15, 0.2) is 0 Å². The third-order valence-corrected chi connectivity index (χ3v) is 3.05. The van der Waals surface area contributed by atoms with Gasteiger partial charge in [0.25, 0.3) is 5.69 Å². The molecule has 7 heteroatoms. The summed E-state index contributed by atoms with van der Waals surface area (Å²) in [4.78, 5) is 10.3. The van der Waals surface area contributed by atoms with Crippen LogP contribution in [0.3, 0.4) is 0 Å². The van der Waals surface area contributed by atoms with Crippen LogP contribution in [0.25, 0.3) is 0 Å². The van der Waals surface area contributed by atoms with Crippen LogP contribution in [0.1, 0.15) is 19.4 Å². The van der Waals surface area contributed by atoms with Crippen molar-refractivity contribution in [2.45, 2.75) is 13.8 Å². The molecule has 2 aromatic rings. The molecule has 0 atom stereocenters. The van der Waals surface area contributed by atoms with Crippen molar-refractivity contribution in [3.05, 3.63) is 58.1 Å². The Morgan fingerprint density at radius 2 is 1.96 bits per heavy atom. The van der Waals surface area contributed by atoms with Gasteiger partial charge in [-0.3, -0.25) is 15.5 Å². The molecule has 0 saturated heterocycles. The summed E-state index contributed by atoms with van der Waals surface area (Å²) in [7, 11) is 0. The molecule has 0 fully saturated rings. The van der Waals surface area contributed by atoms with Gasteiger partial charge in [-0.15, -0.1) is 0 Å². The quantitative estimate of drug-likeness (QED) is 0.452. The third-order valence-electron chi connectivity index (χ3n) is 3.05. The molecule has 0 bridgehead atoms. The molecule has 0 aliphatic carbocycles. The van der Waals surface area contributed by atoms with Crippen molar-refractivity contribution < 1.29 is 14.4 Å². The van der Waals surface area contributed by atoms with Crippen LogP contribution in [-0.2, 0) is 0 Å².